The fourth-order valence-electron chi connectivity index (χ4n) is 2.47. The minimum atomic E-state index is -3.54. The van der Waals surface area contributed by atoms with Crippen LogP contribution in [0.15, 0.2) is 65.6 Å². The zero-order chi connectivity index (χ0) is 17.2. The molecule has 4 nitrogen and oxygen atoms in total. The summed E-state index contributed by atoms with van der Waals surface area (Å²) in [4.78, 5) is 13.6. The topological polar surface area (TPSA) is 54.5 Å². The molecule has 0 aliphatic carbocycles. The molecule has 6 heteroatoms. The molecule has 0 N–H and O–H groups in total. The Morgan fingerprint density at radius 3 is 2.29 bits per heavy atom. The van der Waals surface area contributed by atoms with Crippen molar-refractivity contribution in [1.29, 1.82) is 0 Å². The summed E-state index contributed by atoms with van der Waals surface area (Å²) in [5.41, 5.74) is 0.904. The van der Waals surface area contributed by atoms with Gasteiger partial charge in [-0.15, -0.1) is 0 Å². The number of sulfone groups is 1. The fourth-order valence-corrected chi connectivity index (χ4v) is 4.12. The first-order valence-electron chi connectivity index (χ1n) is 7.48. The molecule has 0 bridgehead atoms. The van der Waals surface area contributed by atoms with E-state index < -0.39 is 20.9 Å². The van der Waals surface area contributed by atoms with Crippen molar-refractivity contribution in [2.45, 2.75) is 10.1 Å². The lowest BCUT2D eigenvalue weighted by atomic mass is 10.2. The molecule has 0 atom stereocenters. The van der Waals surface area contributed by atoms with Gasteiger partial charge in [-0.3, -0.25) is 4.79 Å². The minimum Gasteiger partial charge on any atom is -0.336 e. The van der Waals surface area contributed by atoms with Gasteiger partial charge in [0.25, 0.3) is 0 Å². The summed E-state index contributed by atoms with van der Waals surface area (Å²) in [6.07, 6.45) is 3.14. The van der Waals surface area contributed by atoms with Crippen molar-refractivity contribution < 1.29 is 17.6 Å². The Balaban J connectivity index is 1.61. The van der Waals surface area contributed by atoms with Crippen LogP contribution in [0, 0.1) is 5.82 Å². The highest BCUT2D eigenvalue weighted by Crippen LogP contribution is 2.24. The number of halogens is 1. The number of carbonyl (C=O) groups excluding carboxylic acids is 1. The molecule has 1 saturated heterocycles. The van der Waals surface area contributed by atoms with Crippen LogP contribution in [0.5, 0.6) is 0 Å². The molecule has 0 saturated carbocycles. The van der Waals surface area contributed by atoms with Crippen LogP contribution in [0.2, 0.25) is 0 Å². The highest BCUT2D eigenvalue weighted by Gasteiger charge is 2.39. The molecule has 0 aromatic heterocycles. The second-order valence-electron chi connectivity index (χ2n) is 5.61. The molecule has 24 heavy (non-hydrogen) atoms. The Hall–Kier alpha value is -2.47. The Morgan fingerprint density at radius 2 is 1.67 bits per heavy atom. The van der Waals surface area contributed by atoms with E-state index in [1.807, 2.05) is 30.3 Å². The van der Waals surface area contributed by atoms with Crippen LogP contribution in [0.4, 0.5) is 4.39 Å². The molecule has 1 aliphatic heterocycles. The summed E-state index contributed by atoms with van der Waals surface area (Å²) in [6.45, 7) is 0.301. The Morgan fingerprint density at radius 1 is 1.04 bits per heavy atom. The zero-order valence-electron chi connectivity index (χ0n) is 12.8. The standard InChI is InChI=1S/C18H16FNO3S/c19-15-7-9-16(10-8-15)24(22,23)17-12-20(13-17)18(21)11-6-14-4-2-1-3-5-14/h1-11,17H,12-13H2/b11-6+. The summed E-state index contributed by atoms with van der Waals surface area (Å²) < 4.78 is 37.7. The van der Waals surface area contributed by atoms with E-state index in [0.29, 0.717) is 0 Å². The van der Waals surface area contributed by atoms with Gasteiger partial charge in [0, 0.05) is 19.2 Å². The predicted molar refractivity (Wildman–Crippen MR) is 89.4 cm³/mol. The van der Waals surface area contributed by atoms with Gasteiger partial charge in [0.1, 0.15) is 11.1 Å². The molecule has 2 aromatic carbocycles. The normalized spacial score (nSPS) is 15.5. The maximum Gasteiger partial charge on any atom is 0.246 e. The number of rotatable bonds is 4. The van der Waals surface area contributed by atoms with Gasteiger partial charge in [-0.25, -0.2) is 12.8 Å². The number of benzene rings is 2. The van der Waals surface area contributed by atoms with Crippen LogP contribution >= 0.6 is 0 Å². The van der Waals surface area contributed by atoms with Gasteiger partial charge < -0.3 is 4.90 Å². The van der Waals surface area contributed by atoms with Crippen LogP contribution < -0.4 is 0 Å². The lowest BCUT2D eigenvalue weighted by Gasteiger charge is -2.38. The van der Waals surface area contributed by atoms with E-state index in [4.69, 9.17) is 0 Å². The van der Waals surface area contributed by atoms with Crippen LogP contribution in [0.3, 0.4) is 0 Å². The minimum absolute atomic E-state index is 0.0841. The number of hydrogen-bond acceptors (Lipinski definition) is 3. The van der Waals surface area contributed by atoms with Crippen molar-refractivity contribution in [3.05, 3.63) is 72.1 Å². The van der Waals surface area contributed by atoms with Crippen molar-refractivity contribution in [1.82, 2.24) is 4.90 Å². The van der Waals surface area contributed by atoms with E-state index in [1.165, 1.54) is 23.1 Å². The van der Waals surface area contributed by atoms with Gasteiger partial charge in [0.2, 0.25) is 5.91 Å². The highest BCUT2D eigenvalue weighted by atomic mass is 32.2. The molecule has 0 radical (unpaired) electrons. The first-order valence-corrected chi connectivity index (χ1v) is 9.03. The van der Waals surface area contributed by atoms with Crippen molar-refractivity contribution in [2.24, 2.45) is 0 Å². The molecule has 124 valence electrons. The van der Waals surface area contributed by atoms with Crippen LogP contribution in [0.1, 0.15) is 5.56 Å². The maximum atomic E-state index is 12.9. The van der Waals surface area contributed by atoms with Gasteiger partial charge in [-0.05, 0) is 35.9 Å². The van der Waals surface area contributed by atoms with Gasteiger partial charge in [0.05, 0.1) is 4.90 Å². The van der Waals surface area contributed by atoms with Crippen LogP contribution in [-0.4, -0.2) is 37.6 Å². The summed E-state index contributed by atoms with van der Waals surface area (Å²) >= 11 is 0. The predicted octanol–water partition coefficient (Wildman–Crippen LogP) is 2.52. The number of likely N-dealkylation sites (tertiary alicyclic amines) is 1. The molecule has 1 amide bonds. The zero-order valence-corrected chi connectivity index (χ0v) is 13.6. The van der Waals surface area contributed by atoms with E-state index in [9.17, 15) is 17.6 Å². The quantitative estimate of drug-likeness (QED) is 0.632. The molecule has 1 fully saturated rings. The molecule has 0 unspecified atom stereocenters. The van der Waals surface area contributed by atoms with E-state index >= 15 is 0 Å². The van der Waals surface area contributed by atoms with Crippen LogP contribution in [0.25, 0.3) is 6.08 Å². The van der Waals surface area contributed by atoms with E-state index in [0.717, 1.165) is 17.7 Å². The van der Waals surface area contributed by atoms with Crippen LogP contribution in [-0.2, 0) is 14.6 Å². The van der Waals surface area contributed by atoms with Crippen molar-refractivity contribution in [2.75, 3.05) is 13.1 Å². The van der Waals surface area contributed by atoms with Crippen molar-refractivity contribution >= 4 is 21.8 Å². The lowest BCUT2D eigenvalue weighted by molar-refractivity contribution is -0.128. The molecule has 1 heterocycles. The number of amides is 1. The molecular formula is C18H16FNO3S. The number of carbonyl (C=O) groups is 1. The SMILES string of the molecule is O=C(/C=C/c1ccccc1)N1CC(S(=O)(=O)c2ccc(F)cc2)C1. The number of nitrogens with zero attached hydrogens (tertiary/aromatic N) is 1. The van der Waals surface area contributed by atoms with Gasteiger partial charge in [0.15, 0.2) is 9.84 Å². The third-order valence-electron chi connectivity index (χ3n) is 3.96. The Kier molecular flexibility index (Phi) is 4.49. The largest absolute Gasteiger partial charge is 0.336 e. The van der Waals surface area contributed by atoms with E-state index in [1.54, 1.807) is 6.08 Å². The second-order valence-corrected chi connectivity index (χ2v) is 7.84. The third kappa shape index (κ3) is 3.38. The summed E-state index contributed by atoms with van der Waals surface area (Å²) in [5, 5.41) is -0.642. The molecule has 0 spiro atoms. The van der Waals surface area contributed by atoms with Crippen molar-refractivity contribution in [3.63, 3.8) is 0 Å². The smallest absolute Gasteiger partial charge is 0.246 e. The maximum absolute atomic E-state index is 12.9. The average molecular weight is 345 g/mol. The van der Waals surface area contributed by atoms with Gasteiger partial charge in [-0.1, -0.05) is 30.3 Å². The van der Waals surface area contributed by atoms with Gasteiger partial charge in [-0.2, -0.15) is 0 Å². The summed E-state index contributed by atoms with van der Waals surface area (Å²) in [5.74, 6) is -0.699. The van der Waals surface area contributed by atoms with E-state index in [2.05, 4.69) is 0 Å². The lowest BCUT2D eigenvalue weighted by Crippen LogP contribution is -2.56. The summed E-state index contributed by atoms with van der Waals surface area (Å²) in [6, 6.07) is 14.1. The Labute approximate surface area is 140 Å². The highest BCUT2D eigenvalue weighted by molar-refractivity contribution is 7.92. The first-order chi connectivity index (χ1) is 11.5. The molecule has 3 rings (SSSR count). The average Bonchev–Trinajstić information content (AvgIpc) is 2.52. The van der Waals surface area contributed by atoms with Crippen molar-refractivity contribution in [3.8, 4) is 0 Å². The van der Waals surface area contributed by atoms with E-state index in [-0.39, 0.29) is 23.9 Å². The number of hydrogen-bond donors (Lipinski definition) is 0. The third-order valence-corrected chi connectivity index (χ3v) is 6.06. The molecular weight excluding hydrogens is 329 g/mol. The molecule has 2 aromatic rings. The monoisotopic (exact) mass is 345 g/mol. The Bertz CT molecular complexity index is 855. The second kappa shape index (κ2) is 6.57. The summed E-state index contributed by atoms with van der Waals surface area (Å²) in [7, 11) is -3.54. The fraction of sp³-hybridized carbons (Fsp3) is 0.167. The molecule has 1 aliphatic rings. The first kappa shape index (κ1) is 16.4. The van der Waals surface area contributed by atoms with Gasteiger partial charge >= 0.3 is 0 Å².